The Morgan fingerprint density at radius 3 is 1.53 bits per heavy atom. The van der Waals surface area contributed by atoms with E-state index in [1.54, 1.807) is 0 Å². The van der Waals surface area contributed by atoms with Crippen molar-refractivity contribution in [1.82, 2.24) is 9.97 Å². The lowest BCUT2D eigenvalue weighted by Gasteiger charge is -2.34. The molecule has 11 aromatic rings. The van der Waals surface area contributed by atoms with Crippen molar-refractivity contribution in [2.75, 3.05) is 0 Å². The van der Waals surface area contributed by atoms with Crippen LogP contribution in [0.25, 0.3) is 88.8 Å². The second-order valence-electron chi connectivity index (χ2n) is 18.5. The fourth-order valence-corrected chi connectivity index (χ4v) is 11.4. The van der Waals surface area contributed by atoms with Gasteiger partial charge >= 0.3 is 0 Å². The van der Waals surface area contributed by atoms with Gasteiger partial charge in [0.1, 0.15) is 0 Å². The van der Waals surface area contributed by atoms with Crippen molar-refractivity contribution in [3.63, 3.8) is 0 Å². The van der Waals surface area contributed by atoms with Crippen molar-refractivity contribution in [3.05, 3.63) is 264 Å². The molecule has 0 radical (unpaired) electrons. The minimum atomic E-state index is -0.516. The number of benzene rings is 10. The average molecular weight is 841 g/mol. The molecule has 2 nitrogen and oxygen atoms in total. The molecule has 0 N–H and O–H groups in total. The highest BCUT2D eigenvalue weighted by Crippen LogP contribution is 2.57. The summed E-state index contributed by atoms with van der Waals surface area (Å²) in [7, 11) is 0. The van der Waals surface area contributed by atoms with Gasteiger partial charge in [0.15, 0.2) is 5.82 Å². The van der Waals surface area contributed by atoms with Gasteiger partial charge in [0.05, 0.1) is 16.8 Å². The summed E-state index contributed by atoms with van der Waals surface area (Å²) in [6, 6.07) is 84.4. The SMILES string of the molecule is CC1(C)c2cc(-c3ccc(-c4cc(-c5ccc6c(c5)C(c5ccccc5)(c5ccccc5)c5ccccc5-6)nc(-c5ccccc5)n4)c4ccccc34)ccc2-c2cc3ccccc3cc21. The van der Waals surface area contributed by atoms with Crippen LogP contribution in [0, 0.1) is 0 Å². The summed E-state index contributed by atoms with van der Waals surface area (Å²) in [6.07, 6.45) is 0. The number of hydrogen-bond donors (Lipinski definition) is 0. The van der Waals surface area contributed by atoms with E-state index in [0.29, 0.717) is 5.82 Å². The molecular formula is C64H44N2. The average Bonchev–Trinajstić information content (AvgIpc) is 3.80. The first-order valence-electron chi connectivity index (χ1n) is 23.0. The molecule has 0 aliphatic heterocycles. The van der Waals surface area contributed by atoms with Crippen LogP contribution in [0.4, 0.5) is 0 Å². The van der Waals surface area contributed by atoms with Gasteiger partial charge in [-0.15, -0.1) is 0 Å². The number of rotatable bonds is 6. The fourth-order valence-electron chi connectivity index (χ4n) is 11.4. The maximum atomic E-state index is 5.38. The molecule has 2 aliphatic carbocycles. The van der Waals surface area contributed by atoms with E-state index in [1.807, 2.05) is 6.07 Å². The van der Waals surface area contributed by atoms with E-state index < -0.39 is 5.41 Å². The normalized spacial score (nSPS) is 13.8. The molecule has 1 heterocycles. The number of aromatic nitrogens is 2. The first-order chi connectivity index (χ1) is 32.5. The van der Waals surface area contributed by atoms with Gasteiger partial charge in [-0.2, -0.15) is 0 Å². The van der Waals surface area contributed by atoms with Crippen LogP contribution in [0.2, 0.25) is 0 Å². The Morgan fingerprint density at radius 1 is 0.303 bits per heavy atom. The topological polar surface area (TPSA) is 25.8 Å². The summed E-state index contributed by atoms with van der Waals surface area (Å²) in [5, 5.41) is 4.92. The summed E-state index contributed by atoms with van der Waals surface area (Å²) >= 11 is 0. The summed E-state index contributed by atoms with van der Waals surface area (Å²) in [5.74, 6) is 0.700. The molecule has 66 heavy (non-hydrogen) atoms. The molecule has 0 unspecified atom stereocenters. The predicted molar refractivity (Wildman–Crippen MR) is 274 cm³/mol. The zero-order valence-electron chi connectivity index (χ0n) is 36.8. The van der Waals surface area contributed by atoms with Gasteiger partial charge in [0.25, 0.3) is 0 Å². The Morgan fingerprint density at radius 2 is 0.803 bits per heavy atom. The van der Waals surface area contributed by atoms with Crippen LogP contribution in [0.1, 0.15) is 47.2 Å². The van der Waals surface area contributed by atoms with Gasteiger partial charge in [-0.3, -0.25) is 0 Å². The standard InChI is InChI=1S/C64H44N2/c1-63(2)57-38-44(30-32-53(57)55-36-42-20-12-13-21-43(42)37-58(55)63)48-34-35-54(50-27-15-14-26-49(48)50)61-40-60(65-62(66-61)41-18-6-3-7-19-41)45-31-33-52-51-28-16-17-29-56(51)64(59(52)39-45,46-22-8-4-9-23-46)47-24-10-5-11-25-47/h3-40H,1-2H3. The van der Waals surface area contributed by atoms with Crippen molar-refractivity contribution in [3.8, 4) is 67.3 Å². The van der Waals surface area contributed by atoms with E-state index >= 15 is 0 Å². The van der Waals surface area contributed by atoms with Crippen molar-refractivity contribution in [2.24, 2.45) is 0 Å². The molecule has 0 fully saturated rings. The largest absolute Gasteiger partial charge is 0.228 e. The molecule has 1 aromatic heterocycles. The summed E-state index contributed by atoms with van der Waals surface area (Å²) < 4.78 is 0. The van der Waals surface area contributed by atoms with E-state index in [1.165, 1.54) is 82.9 Å². The highest BCUT2D eigenvalue weighted by Gasteiger charge is 2.46. The lowest BCUT2D eigenvalue weighted by molar-refractivity contribution is 0.661. The highest BCUT2D eigenvalue weighted by molar-refractivity contribution is 6.05. The van der Waals surface area contributed by atoms with E-state index in [-0.39, 0.29) is 5.41 Å². The molecule has 10 aromatic carbocycles. The number of fused-ring (bicyclic) bond motifs is 8. The highest BCUT2D eigenvalue weighted by atomic mass is 14.9. The Bertz CT molecular complexity index is 3680. The fraction of sp³-hybridized carbons (Fsp3) is 0.0625. The van der Waals surface area contributed by atoms with E-state index in [9.17, 15) is 0 Å². The second-order valence-corrected chi connectivity index (χ2v) is 18.5. The molecule has 13 rings (SSSR count). The second kappa shape index (κ2) is 14.7. The Hall–Kier alpha value is -8.20. The molecule has 0 saturated carbocycles. The summed E-state index contributed by atoms with van der Waals surface area (Å²) in [4.78, 5) is 10.8. The Balaban J connectivity index is 0.980. The van der Waals surface area contributed by atoms with Crippen LogP contribution in [-0.4, -0.2) is 9.97 Å². The van der Waals surface area contributed by atoms with Crippen LogP contribution < -0.4 is 0 Å². The molecule has 2 heteroatoms. The Labute approximate surface area is 385 Å². The minimum absolute atomic E-state index is 0.131. The first-order valence-corrected chi connectivity index (χ1v) is 23.0. The van der Waals surface area contributed by atoms with Crippen LogP contribution in [0.3, 0.4) is 0 Å². The third-order valence-electron chi connectivity index (χ3n) is 14.6. The summed E-state index contributed by atoms with van der Waals surface area (Å²) in [5.41, 5.74) is 19.6. The van der Waals surface area contributed by atoms with E-state index in [4.69, 9.17) is 9.97 Å². The van der Waals surface area contributed by atoms with Crippen LogP contribution in [0.5, 0.6) is 0 Å². The number of nitrogens with zero attached hydrogens (tertiary/aromatic N) is 2. The maximum absolute atomic E-state index is 5.38. The van der Waals surface area contributed by atoms with Crippen molar-refractivity contribution < 1.29 is 0 Å². The monoisotopic (exact) mass is 840 g/mol. The number of hydrogen-bond acceptors (Lipinski definition) is 2. The zero-order valence-corrected chi connectivity index (χ0v) is 36.8. The van der Waals surface area contributed by atoms with Gasteiger partial charge < -0.3 is 0 Å². The minimum Gasteiger partial charge on any atom is -0.228 e. The van der Waals surface area contributed by atoms with Gasteiger partial charge in [-0.1, -0.05) is 214 Å². The van der Waals surface area contributed by atoms with Crippen LogP contribution in [-0.2, 0) is 10.8 Å². The molecule has 0 amide bonds. The van der Waals surface area contributed by atoms with Crippen molar-refractivity contribution >= 4 is 21.5 Å². The lowest BCUT2D eigenvalue weighted by atomic mass is 9.67. The quantitative estimate of drug-likeness (QED) is 0.167. The van der Waals surface area contributed by atoms with Crippen molar-refractivity contribution in [2.45, 2.75) is 24.7 Å². The molecular weight excluding hydrogens is 797 g/mol. The van der Waals surface area contributed by atoms with E-state index in [2.05, 4.69) is 238 Å². The summed E-state index contributed by atoms with van der Waals surface area (Å²) in [6.45, 7) is 4.75. The Kier molecular flexibility index (Phi) is 8.51. The third kappa shape index (κ3) is 5.68. The molecule has 0 spiro atoms. The molecule has 0 bridgehead atoms. The predicted octanol–water partition coefficient (Wildman–Crippen LogP) is 16.1. The smallest absolute Gasteiger partial charge is 0.160 e. The van der Waals surface area contributed by atoms with Crippen molar-refractivity contribution in [1.29, 1.82) is 0 Å². The first kappa shape index (κ1) is 38.3. The zero-order chi connectivity index (χ0) is 44.0. The van der Waals surface area contributed by atoms with Gasteiger partial charge in [0, 0.05) is 22.1 Å². The van der Waals surface area contributed by atoms with E-state index in [0.717, 1.165) is 33.5 Å². The molecule has 2 aliphatic rings. The molecule has 0 atom stereocenters. The third-order valence-corrected chi connectivity index (χ3v) is 14.6. The molecule has 310 valence electrons. The molecule has 0 saturated heterocycles. The van der Waals surface area contributed by atoms with Gasteiger partial charge in [0.2, 0.25) is 0 Å². The lowest BCUT2D eigenvalue weighted by Crippen LogP contribution is -2.28. The van der Waals surface area contributed by atoms with Gasteiger partial charge in [-0.05, 0) is 119 Å². The van der Waals surface area contributed by atoms with Crippen LogP contribution >= 0.6 is 0 Å². The van der Waals surface area contributed by atoms with Gasteiger partial charge in [-0.25, -0.2) is 9.97 Å². The van der Waals surface area contributed by atoms with Crippen LogP contribution in [0.15, 0.2) is 231 Å². The maximum Gasteiger partial charge on any atom is 0.160 e.